The Bertz CT molecular complexity index is 1100. The number of amides is 1. The predicted octanol–water partition coefficient (Wildman–Crippen LogP) is 3.07. The highest BCUT2D eigenvalue weighted by Gasteiger charge is 2.30. The molecule has 0 radical (unpaired) electrons. The van der Waals surface area contributed by atoms with Crippen LogP contribution in [0.1, 0.15) is 24.4 Å². The van der Waals surface area contributed by atoms with E-state index in [4.69, 9.17) is 16.3 Å². The fourth-order valence-corrected chi connectivity index (χ4v) is 3.54. The minimum absolute atomic E-state index is 0.120. The van der Waals surface area contributed by atoms with Gasteiger partial charge in [0.15, 0.2) is 5.82 Å². The smallest absolute Gasteiger partial charge is 0.346 e. The maximum absolute atomic E-state index is 12.9. The van der Waals surface area contributed by atoms with Crippen molar-refractivity contribution < 1.29 is 9.53 Å². The van der Waals surface area contributed by atoms with E-state index in [0.29, 0.717) is 23.8 Å². The van der Waals surface area contributed by atoms with Gasteiger partial charge in [-0.05, 0) is 55.2 Å². The van der Waals surface area contributed by atoms with Crippen molar-refractivity contribution in [2.75, 3.05) is 13.7 Å². The van der Waals surface area contributed by atoms with E-state index >= 15 is 0 Å². The van der Waals surface area contributed by atoms with Crippen molar-refractivity contribution in [1.82, 2.24) is 19.7 Å². The van der Waals surface area contributed by atoms with Crippen LogP contribution in [0.15, 0.2) is 53.3 Å². The summed E-state index contributed by atoms with van der Waals surface area (Å²) in [7, 11) is 1.62. The Labute approximate surface area is 179 Å². The van der Waals surface area contributed by atoms with Crippen molar-refractivity contribution in [1.29, 1.82) is 0 Å². The fourth-order valence-electron chi connectivity index (χ4n) is 3.42. The molecule has 1 amide bonds. The monoisotopic (exact) mass is 426 g/mol. The molecule has 2 aromatic carbocycles. The van der Waals surface area contributed by atoms with Crippen molar-refractivity contribution in [2.45, 2.75) is 31.8 Å². The Morgan fingerprint density at radius 2 is 1.93 bits per heavy atom. The van der Waals surface area contributed by atoms with Gasteiger partial charge in [-0.25, -0.2) is 9.48 Å². The lowest BCUT2D eigenvalue weighted by atomic mass is 10.1. The van der Waals surface area contributed by atoms with Crippen LogP contribution in [0.4, 0.5) is 0 Å². The van der Waals surface area contributed by atoms with E-state index in [1.54, 1.807) is 23.8 Å². The number of methoxy groups -OCH3 is 1. The standard InChI is InChI=1S/C22H23ClN4O3/c1-30-19-5-3-2-4-15(19)12-13-24-20(28)14-26-22(29)27(18-10-11-18)21(25-26)16-6-8-17(23)9-7-16/h2-9,18H,10-14H2,1H3,(H,24,28). The maximum Gasteiger partial charge on any atom is 0.346 e. The lowest BCUT2D eigenvalue weighted by Crippen LogP contribution is -2.34. The fraction of sp³-hybridized carbons (Fsp3) is 0.318. The predicted molar refractivity (Wildman–Crippen MR) is 115 cm³/mol. The van der Waals surface area contributed by atoms with Gasteiger partial charge >= 0.3 is 5.69 Å². The van der Waals surface area contributed by atoms with Crippen molar-refractivity contribution in [3.8, 4) is 17.1 Å². The van der Waals surface area contributed by atoms with Crippen LogP contribution in [0, 0.1) is 0 Å². The molecule has 0 spiro atoms. The second kappa shape index (κ2) is 8.75. The minimum Gasteiger partial charge on any atom is -0.496 e. The Balaban J connectivity index is 1.45. The number of carbonyl (C=O) groups excluding carboxylic acids is 1. The number of para-hydroxylation sites is 1. The van der Waals surface area contributed by atoms with Crippen molar-refractivity contribution in [3.05, 3.63) is 69.6 Å². The van der Waals surface area contributed by atoms with Crippen LogP contribution in [0.2, 0.25) is 5.02 Å². The number of aromatic nitrogens is 3. The lowest BCUT2D eigenvalue weighted by Gasteiger charge is -2.09. The van der Waals surface area contributed by atoms with E-state index in [-0.39, 0.29) is 24.2 Å². The lowest BCUT2D eigenvalue weighted by molar-refractivity contribution is -0.121. The second-order valence-electron chi connectivity index (χ2n) is 7.28. The molecular weight excluding hydrogens is 404 g/mol. The van der Waals surface area contributed by atoms with E-state index in [0.717, 1.165) is 29.7 Å². The maximum atomic E-state index is 12.9. The number of rotatable bonds is 8. The number of halogens is 1. The van der Waals surface area contributed by atoms with Gasteiger partial charge in [-0.15, -0.1) is 5.10 Å². The van der Waals surface area contributed by atoms with E-state index in [1.165, 1.54) is 4.68 Å². The molecule has 1 heterocycles. The molecule has 0 bridgehead atoms. The van der Waals surface area contributed by atoms with E-state index < -0.39 is 0 Å². The van der Waals surface area contributed by atoms with Crippen LogP contribution in [-0.4, -0.2) is 33.9 Å². The van der Waals surface area contributed by atoms with Gasteiger partial charge in [-0.2, -0.15) is 0 Å². The number of hydrogen-bond acceptors (Lipinski definition) is 4. The molecule has 8 heteroatoms. The molecule has 0 atom stereocenters. The van der Waals surface area contributed by atoms with Gasteiger partial charge in [0, 0.05) is 23.2 Å². The number of nitrogens with one attached hydrogen (secondary N) is 1. The molecule has 1 N–H and O–H groups in total. The topological polar surface area (TPSA) is 78.2 Å². The molecule has 1 aromatic heterocycles. The van der Waals surface area contributed by atoms with Crippen LogP contribution in [0.25, 0.3) is 11.4 Å². The summed E-state index contributed by atoms with van der Waals surface area (Å²) in [6, 6.07) is 15.0. The third kappa shape index (κ3) is 4.41. The van der Waals surface area contributed by atoms with E-state index in [9.17, 15) is 9.59 Å². The van der Waals surface area contributed by atoms with Crippen LogP contribution >= 0.6 is 11.6 Å². The summed E-state index contributed by atoms with van der Waals surface area (Å²) in [6.07, 6.45) is 2.52. The van der Waals surface area contributed by atoms with Gasteiger partial charge in [0.2, 0.25) is 5.91 Å². The second-order valence-corrected chi connectivity index (χ2v) is 7.72. The molecule has 1 fully saturated rings. The number of ether oxygens (including phenoxy) is 1. The zero-order valence-electron chi connectivity index (χ0n) is 16.7. The summed E-state index contributed by atoms with van der Waals surface area (Å²) in [5.74, 6) is 1.11. The highest BCUT2D eigenvalue weighted by atomic mass is 35.5. The number of benzene rings is 2. The first-order valence-corrected chi connectivity index (χ1v) is 10.3. The normalized spacial score (nSPS) is 13.3. The average Bonchev–Trinajstić information content (AvgIpc) is 3.53. The minimum atomic E-state index is -0.262. The van der Waals surface area contributed by atoms with Gasteiger partial charge in [0.1, 0.15) is 12.3 Å². The number of hydrogen-bond donors (Lipinski definition) is 1. The summed E-state index contributed by atoms with van der Waals surface area (Å²) in [6.45, 7) is 0.326. The van der Waals surface area contributed by atoms with Gasteiger partial charge in [0.25, 0.3) is 0 Å². The summed E-state index contributed by atoms with van der Waals surface area (Å²) >= 11 is 5.98. The van der Waals surface area contributed by atoms with Gasteiger partial charge in [-0.1, -0.05) is 29.8 Å². The molecule has 1 aliphatic carbocycles. The third-order valence-corrected chi connectivity index (χ3v) is 5.34. The molecule has 30 heavy (non-hydrogen) atoms. The van der Waals surface area contributed by atoms with Crippen molar-refractivity contribution >= 4 is 17.5 Å². The first kappa shape index (κ1) is 20.2. The summed E-state index contributed by atoms with van der Waals surface area (Å²) in [5.41, 5.74) is 1.56. The van der Waals surface area contributed by atoms with E-state index in [2.05, 4.69) is 10.4 Å². The molecule has 0 aliphatic heterocycles. The van der Waals surface area contributed by atoms with Crippen molar-refractivity contribution in [2.24, 2.45) is 0 Å². The number of carbonyl (C=O) groups is 1. The number of nitrogens with zero attached hydrogens (tertiary/aromatic N) is 3. The SMILES string of the molecule is COc1ccccc1CCNC(=O)Cn1nc(-c2ccc(Cl)cc2)n(C2CC2)c1=O. The third-order valence-electron chi connectivity index (χ3n) is 5.09. The Morgan fingerprint density at radius 3 is 2.63 bits per heavy atom. The zero-order valence-corrected chi connectivity index (χ0v) is 17.4. The van der Waals surface area contributed by atoms with Crippen molar-refractivity contribution in [3.63, 3.8) is 0 Å². The molecule has 7 nitrogen and oxygen atoms in total. The quantitative estimate of drug-likeness (QED) is 0.600. The molecule has 0 unspecified atom stereocenters. The molecule has 156 valence electrons. The summed E-state index contributed by atoms with van der Waals surface area (Å²) in [5, 5.41) is 7.92. The van der Waals surface area contributed by atoms with Crippen LogP contribution in [0.5, 0.6) is 5.75 Å². The summed E-state index contributed by atoms with van der Waals surface area (Å²) < 4.78 is 8.25. The van der Waals surface area contributed by atoms with Gasteiger partial charge in [0.05, 0.1) is 7.11 Å². The van der Waals surface area contributed by atoms with Crippen LogP contribution in [0.3, 0.4) is 0 Å². The Morgan fingerprint density at radius 1 is 1.20 bits per heavy atom. The van der Waals surface area contributed by atoms with Gasteiger partial charge in [-0.3, -0.25) is 9.36 Å². The summed E-state index contributed by atoms with van der Waals surface area (Å²) in [4.78, 5) is 25.3. The van der Waals surface area contributed by atoms with Crippen LogP contribution < -0.4 is 15.7 Å². The molecule has 1 aliphatic rings. The highest BCUT2D eigenvalue weighted by molar-refractivity contribution is 6.30. The first-order chi connectivity index (χ1) is 14.6. The molecule has 4 rings (SSSR count). The molecular formula is C22H23ClN4O3. The van der Waals surface area contributed by atoms with Crippen LogP contribution in [-0.2, 0) is 17.8 Å². The largest absolute Gasteiger partial charge is 0.496 e. The molecule has 1 saturated carbocycles. The first-order valence-electron chi connectivity index (χ1n) is 9.90. The Kier molecular flexibility index (Phi) is 5.90. The van der Waals surface area contributed by atoms with E-state index in [1.807, 2.05) is 36.4 Å². The average molecular weight is 427 g/mol. The Hall–Kier alpha value is -3.06. The zero-order chi connectivity index (χ0) is 21.1. The highest BCUT2D eigenvalue weighted by Crippen LogP contribution is 2.36. The molecule has 0 saturated heterocycles. The van der Waals surface area contributed by atoms with Gasteiger partial charge < -0.3 is 10.1 Å². The molecule has 3 aromatic rings.